The van der Waals surface area contributed by atoms with E-state index >= 15 is 0 Å². The molecule has 1 unspecified atom stereocenters. The highest BCUT2D eigenvalue weighted by molar-refractivity contribution is 14.0. The summed E-state index contributed by atoms with van der Waals surface area (Å²) in [6, 6.07) is 1.78. The first-order valence-corrected chi connectivity index (χ1v) is 8.66. The predicted octanol–water partition coefficient (Wildman–Crippen LogP) is 2.06. The monoisotopic (exact) mass is 464 g/mol. The van der Waals surface area contributed by atoms with Gasteiger partial charge in [0.05, 0.1) is 18.9 Å². The van der Waals surface area contributed by atoms with Crippen molar-refractivity contribution in [3.05, 3.63) is 23.7 Å². The largest absolute Gasteiger partial charge is 0.459 e. The van der Waals surface area contributed by atoms with Crippen LogP contribution in [-0.4, -0.2) is 50.8 Å². The van der Waals surface area contributed by atoms with Gasteiger partial charge < -0.3 is 25.1 Å². The van der Waals surface area contributed by atoms with Gasteiger partial charge in [-0.15, -0.1) is 24.0 Å². The van der Waals surface area contributed by atoms with Crippen molar-refractivity contribution in [1.29, 1.82) is 0 Å². The SMILES string of the molecule is CCNC(=NCC1CCCO1)NCCCNC(=O)c1occc1C.I. The zero-order valence-corrected chi connectivity index (χ0v) is 17.3. The van der Waals surface area contributed by atoms with E-state index in [1.54, 1.807) is 6.07 Å². The summed E-state index contributed by atoms with van der Waals surface area (Å²) < 4.78 is 10.7. The lowest BCUT2D eigenvalue weighted by Crippen LogP contribution is -2.39. The van der Waals surface area contributed by atoms with E-state index in [-0.39, 0.29) is 36.0 Å². The molecule has 0 bridgehead atoms. The molecule has 2 heterocycles. The maximum atomic E-state index is 11.9. The molecule has 7 nitrogen and oxygen atoms in total. The number of aryl methyl sites for hydroxylation is 1. The second-order valence-electron chi connectivity index (χ2n) is 5.82. The Morgan fingerprint density at radius 2 is 2.12 bits per heavy atom. The standard InChI is InChI=1S/C17H28N4O3.HI/c1-3-18-17(21-12-14-6-4-10-23-14)20-9-5-8-19-16(22)15-13(2)7-11-24-15;/h7,11,14H,3-6,8-10,12H2,1-2H3,(H,19,22)(H2,18,20,21);1H. The minimum Gasteiger partial charge on any atom is -0.459 e. The van der Waals surface area contributed by atoms with Gasteiger partial charge in [-0.05, 0) is 39.2 Å². The molecule has 0 spiro atoms. The average Bonchev–Trinajstić information content (AvgIpc) is 3.23. The van der Waals surface area contributed by atoms with E-state index in [2.05, 4.69) is 20.9 Å². The van der Waals surface area contributed by atoms with Gasteiger partial charge in [0.1, 0.15) is 0 Å². The smallest absolute Gasteiger partial charge is 0.287 e. The Morgan fingerprint density at radius 3 is 2.76 bits per heavy atom. The molecule has 25 heavy (non-hydrogen) atoms. The molecule has 142 valence electrons. The van der Waals surface area contributed by atoms with Gasteiger partial charge in [0.15, 0.2) is 11.7 Å². The van der Waals surface area contributed by atoms with Crippen molar-refractivity contribution in [2.75, 3.05) is 32.8 Å². The van der Waals surface area contributed by atoms with E-state index in [1.807, 2.05) is 13.8 Å². The molecule has 0 aromatic carbocycles. The molecule has 1 aliphatic heterocycles. The molecule has 0 aliphatic carbocycles. The van der Waals surface area contributed by atoms with Crippen molar-refractivity contribution < 1.29 is 13.9 Å². The Labute approximate surface area is 166 Å². The third kappa shape index (κ3) is 7.64. The molecule has 1 saturated heterocycles. The van der Waals surface area contributed by atoms with E-state index in [0.29, 0.717) is 18.8 Å². The Kier molecular flexibility index (Phi) is 10.6. The highest BCUT2D eigenvalue weighted by atomic mass is 127. The molecule has 1 atom stereocenters. The van der Waals surface area contributed by atoms with Gasteiger partial charge in [-0.1, -0.05) is 0 Å². The second kappa shape index (κ2) is 12.1. The first-order chi connectivity index (χ1) is 11.7. The lowest BCUT2D eigenvalue weighted by Gasteiger charge is -2.13. The quantitative estimate of drug-likeness (QED) is 0.237. The number of furan rings is 1. The highest BCUT2D eigenvalue weighted by Gasteiger charge is 2.15. The highest BCUT2D eigenvalue weighted by Crippen LogP contribution is 2.11. The topological polar surface area (TPSA) is 87.9 Å². The van der Waals surface area contributed by atoms with Crippen LogP contribution in [-0.2, 0) is 4.74 Å². The number of amides is 1. The van der Waals surface area contributed by atoms with Crippen LogP contribution in [0.25, 0.3) is 0 Å². The van der Waals surface area contributed by atoms with Crippen LogP contribution in [0.4, 0.5) is 0 Å². The fraction of sp³-hybridized carbons (Fsp3) is 0.647. The molecule has 8 heteroatoms. The fourth-order valence-corrected chi connectivity index (χ4v) is 2.51. The number of hydrogen-bond acceptors (Lipinski definition) is 4. The summed E-state index contributed by atoms with van der Waals surface area (Å²) in [6.45, 7) is 7.54. The zero-order chi connectivity index (χ0) is 17.2. The van der Waals surface area contributed by atoms with Crippen molar-refractivity contribution in [2.24, 2.45) is 4.99 Å². The number of carbonyl (C=O) groups is 1. The van der Waals surface area contributed by atoms with Gasteiger partial charge in [0.2, 0.25) is 0 Å². The Morgan fingerprint density at radius 1 is 1.32 bits per heavy atom. The van der Waals surface area contributed by atoms with E-state index in [1.165, 1.54) is 6.26 Å². The number of aliphatic imine (C=N–C) groups is 1. The average molecular weight is 464 g/mol. The van der Waals surface area contributed by atoms with Gasteiger partial charge in [-0.3, -0.25) is 9.79 Å². The van der Waals surface area contributed by atoms with Crippen molar-refractivity contribution in [1.82, 2.24) is 16.0 Å². The molecule has 0 radical (unpaired) electrons. The molecular weight excluding hydrogens is 435 g/mol. The molecule has 0 saturated carbocycles. The van der Waals surface area contributed by atoms with Gasteiger partial charge in [0, 0.05) is 31.8 Å². The number of ether oxygens (including phenoxy) is 1. The maximum Gasteiger partial charge on any atom is 0.287 e. The lowest BCUT2D eigenvalue weighted by molar-refractivity contribution is 0.0925. The van der Waals surface area contributed by atoms with Crippen LogP contribution < -0.4 is 16.0 Å². The summed E-state index contributed by atoms with van der Waals surface area (Å²) in [4.78, 5) is 16.4. The van der Waals surface area contributed by atoms with Crippen LogP contribution in [0, 0.1) is 6.92 Å². The summed E-state index contributed by atoms with van der Waals surface area (Å²) in [5, 5.41) is 9.35. The normalized spacial score (nSPS) is 17.0. The van der Waals surface area contributed by atoms with Gasteiger partial charge in [0.25, 0.3) is 5.91 Å². The first-order valence-electron chi connectivity index (χ1n) is 8.66. The minimum absolute atomic E-state index is 0. The summed E-state index contributed by atoms with van der Waals surface area (Å²) in [5.41, 5.74) is 0.848. The van der Waals surface area contributed by atoms with Gasteiger partial charge >= 0.3 is 0 Å². The van der Waals surface area contributed by atoms with Crippen molar-refractivity contribution in [3.63, 3.8) is 0 Å². The van der Waals surface area contributed by atoms with E-state index < -0.39 is 0 Å². The molecule has 3 N–H and O–H groups in total. The molecule has 1 amide bonds. The van der Waals surface area contributed by atoms with Crippen LogP contribution in [0.5, 0.6) is 0 Å². The fourth-order valence-electron chi connectivity index (χ4n) is 2.51. The predicted molar refractivity (Wildman–Crippen MR) is 109 cm³/mol. The number of guanidine groups is 1. The van der Waals surface area contributed by atoms with Crippen LogP contribution in [0.3, 0.4) is 0 Å². The molecule has 2 rings (SSSR count). The third-order valence-corrected chi connectivity index (χ3v) is 3.82. The summed E-state index contributed by atoms with van der Waals surface area (Å²) >= 11 is 0. The lowest BCUT2D eigenvalue weighted by atomic mass is 10.2. The van der Waals surface area contributed by atoms with Crippen LogP contribution in [0.1, 0.15) is 42.3 Å². The Bertz CT molecular complexity index is 542. The summed E-state index contributed by atoms with van der Waals surface area (Å²) in [5.74, 6) is 1.01. The van der Waals surface area contributed by atoms with E-state index in [9.17, 15) is 4.79 Å². The van der Waals surface area contributed by atoms with Crippen molar-refractivity contribution in [3.8, 4) is 0 Å². The number of nitrogens with zero attached hydrogens (tertiary/aromatic N) is 1. The van der Waals surface area contributed by atoms with E-state index in [4.69, 9.17) is 9.15 Å². The minimum atomic E-state index is -0.170. The Hall–Kier alpha value is -1.29. The number of rotatable bonds is 8. The van der Waals surface area contributed by atoms with Gasteiger partial charge in [-0.2, -0.15) is 0 Å². The molecule has 1 aliphatic rings. The van der Waals surface area contributed by atoms with Crippen LogP contribution >= 0.6 is 24.0 Å². The zero-order valence-electron chi connectivity index (χ0n) is 15.0. The maximum absolute atomic E-state index is 11.9. The number of hydrogen-bond donors (Lipinski definition) is 3. The molecule has 1 aromatic heterocycles. The summed E-state index contributed by atoms with van der Waals surface area (Å²) in [6.07, 6.45) is 4.78. The van der Waals surface area contributed by atoms with E-state index in [0.717, 1.165) is 50.5 Å². The van der Waals surface area contributed by atoms with Crippen molar-refractivity contribution in [2.45, 2.75) is 39.2 Å². The van der Waals surface area contributed by atoms with Crippen molar-refractivity contribution >= 4 is 35.8 Å². The molecule has 1 fully saturated rings. The number of halogens is 1. The second-order valence-corrected chi connectivity index (χ2v) is 5.82. The number of nitrogens with one attached hydrogen (secondary N) is 3. The molecule has 1 aromatic rings. The first kappa shape index (κ1) is 21.8. The third-order valence-electron chi connectivity index (χ3n) is 3.82. The summed E-state index contributed by atoms with van der Waals surface area (Å²) in [7, 11) is 0. The van der Waals surface area contributed by atoms with Gasteiger partial charge in [-0.25, -0.2) is 0 Å². The van der Waals surface area contributed by atoms with Crippen LogP contribution in [0.15, 0.2) is 21.7 Å². The molecular formula is C17H29IN4O3. The number of carbonyl (C=O) groups excluding carboxylic acids is 1. The Balaban J connectivity index is 0.00000312. The van der Waals surface area contributed by atoms with Crippen LogP contribution in [0.2, 0.25) is 0 Å².